The molecule has 0 fully saturated rings. The average molecular weight is 493 g/mol. The molecule has 2 aromatic carbocycles. The molecular weight excluding hydrogens is 464 g/mol. The lowest BCUT2D eigenvalue weighted by atomic mass is 10.2. The topological polar surface area (TPSA) is 120 Å². The fourth-order valence-corrected chi connectivity index (χ4v) is 4.06. The highest BCUT2D eigenvalue weighted by molar-refractivity contribution is 7.89. The maximum atomic E-state index is 12.5. The standard InChI is InChI=1S/C23H28N2O8S/c1-3-30-18-7-5-17(6-8-18)15-25(2)22(26)16-33-23(27)14-24-34(28,29)19-9-10-20-21(13-19)32-12-4-11-31-20/h5-10,13,24H,3-4,11-12,14-16H2,1-2H3. The lowest BCUT2D eigenvalue weighted by molar-refractivity contribution is -0.150. The van der Waals surface area contributed by atoms with Crippen molar-refractivity contribution < 1.29 is 37.0 Å². The van der Waals surface area contributed by atoms with Crippen LogP contribution in [0.1, 0.15) is 18.9 Å². The van der Waals surface area contributed by atoms with Crippen molar-refractivity contribution in [3.63, 3.8) is 0 Å². The predicted octanol–water partition coefficient (Wildman–Crippen LogP) is 1.73. The Morgan fingerprint density at radius 2 is 1.76 bits per heavy atom. The first-order valence-corrected chi connectivity index (χ1v) is 12.3. The molecule has 1 N–H and O–H groups in total. The fraction of sp³-hybridized carbons (Fsp3) is 0.391. The van der Waals surface area contributed by atoms with E-state index in [1.54, 1.807) is 7.05 Å². The van der Waals surface area contributed by atoms with Crippen LogP contribution in [0.4, 0.5) is 0 Å². The number of hydrogen-bond acceptors (Lipinski definition) is 8. The SMILES string of the molecule is CCOc1ccc(CN(C)C(=O)COC(=O)CNS(=O)(=O)c2ccc3c(c2)OCCCO3)cc1. The highest BCUT2D eigenvalue weighted by Gasteiger charge is 2.20. The molecule has 3 rings (SSSR count). The maximum Gasteiger partial charge on any atom is 0.321 e. The Morgan fingerprint density at radius 3 is 2.47 bits per heavy atom. The summed E-state index contributed by atoms with van der Waals surface area (Å²) in [7, 11) is -2.41. The van der Waals surface area contributed by atoms with Gasteiger partial charge in [-0.25, -0.2) is 8.42 Å². The second-order valence-corrected chi connectivity index (χ2v) is 9.24. The van der Waals surface area contributed by atoms with Crippen LogP contribution in [0.2, 0.25) is 0 Å². The van der Waals surface area contributed by atoms with Crippen LogP contribution in [0.15, 0.2) is 47.4 Å². The Balaban J connectivity index is 1.46. The van der Waals surface area contributed by atoms with Gasteiger partial charge in [0.05, 0.1) is 24.7 Å². The minimum absolute atomic E-state index is 0.0734. The molecule has 0 saturated carbocycles. The van der Waals surface area contributed by atoms with E-state index in [0.29, 0.717) is 44.3 Å². The molecule has 2 aromatic rings. The molecule has 1 amide bonds. The molecule has 34 heavy (non-hydrogen) atoms. The van der Waals surface area contributed by atoms with Crippen molar-refractivity contribution in [2.75, 3.05) is 40.0 Å². The van der Waals surface area contributed by atoms with Crippen molar-refractivity contribution in [1.82, 2.24) is 9.62 Å². The highest BCUT2D eigenvalue weighted by atomic mass is 32.2. The molecule has 0 aliphatic carbocycles. The number of carbonyl (C=O) groups excluding carboxylic acids is 2. The largest absolute Gasteiger partial charge is 0.494 e. The molecule has 0 saturated heterocycles. The molecule has 10 nitrogen and oxygen atoms in total. The number of carbonyl (C=O) groups is 2. The third kappa shape index (κ3) is 7.09. The van der Waals surface area contributed by atoms with E-state index in [4.69, 9.17) is 18.9 Å². The first kappa shape index (κ1) is 25.3. The third-order valence-electron chi connectivity index (χ3n) is 4.87. The second kappa shape index (κ2) is 11.7. The minimum Gasteiger partial charge on any atom is -0.494 e. The van der Waals surface area contributed by atoms with Crippen molar-refractivity contribution in [1.29, 1.82) is 0 Å². The van der Waals surface area contributed by atoms with Gasteiger partial charge in [0, 0.05) is 26.1 Å². The van der Waals surface area contributed by atoms with Crippen LogP contribution in [-0.2, 0) is 30.9 Å². The van der Waals surface area contributed by atoms with E-state index in [0.717, 1.165) is 11.3 Å². The molecule has 0 unspecified atom stereocenters. The van der Waals surface area contributed by atoms with Gasteiger partial charge in [0.15, 0.2) is 18.1 Å². The molecule has 184 valence electrons. The lowest BCUT2D eigenvalue weighted by Gasteiger charge is -2.17. The maximum absolute atomic E-state index is 12.5. The summed E-state index contributed by atoms with van der Waals surface area (Å²) in [5.41, 5.74) is 0.883. The summed E-state index contributed by atoms with van der Waals surface area (Å²) < 4.78 is 48.5. The zero-order valence-electron chi connectivity index (χ0n) is 19.1. The molecule has 1 heterocycles. The molecule has 0 spiro atoms. The number of rotatable bonds is 10. The van der Waals surface area contributed by atoms with Crippen molar-refractivity contribution in [3.8, 4) is 17.2 Å². The summed E-state index contributed by atoms with van der Waals surface area (Å²) in [6.45, 7) is 2.56. The highest BCUT2D eigenvalue weighted by Crippen LogP contribution is 2.31. The summed E-state index contributed by atoms with van der Waals surface area (Å²) in [6.07, 6.45) is 0.689. The first-order chi connectivity index (χ1) is 16.3. The Morgan fingerprint density at radius 1 is 1.06 bits per heavy atom. The summed E-state index contributed by atoms with van der Waals surface area (Å²) in [4.78, 5) is 25.6. The first-order valence-electron chi connectivity index (χ1n) is 10.8. The number of nitrogens with one attached hydrogen (secondary N) is 1. The van der Waals surface area contributed by atoms with Crippen LogP contribution >= 0.6 is 0 Å². The number of hydrogen-bond donors (Lipinski definition) is 1. The Labute approximate surface area is 198 Å². The van der Waals surface area contributed by atoms with E-state index in [2.05, 4.69) is 4.72 Å². The molecule has 0 bridgehead atoms. The number of amides is 1. The molecule has 0 aromatic heterocycles. The lowest BCUT2D eigenvalue weighted by Crippen LogP contribution is -2.34. The zero-order chi connectivity index (χ0) is 24.6. The second-order valence-electron chi connectivity index (χ2n) is 7.47. The molecule has 11 heteroatoms. The smallest absolute Gasteiger partial charge is 0.321 e. The number of fused-ring (bicyclic) bond motifs is 1. The number of nitrogens with zero attached hydrogens (tertiary/aromatic N) is 1. The minimum atomic E-state index is -4.00. The van der Waals surface area contributed by atoms with Gasteiger partial charge in [0.25, 0.3) is 5.91 Å². The van der Waals surface area contributed by atoms with Crippen LogP contribution in [0, 0.1) is 0 Å². The van der Waals surface area contributed by atoms with Crippen LogP contribution in [0.5, 0.6) is 17.2 Å². The average Bonchev–Trinajstić information content (AvgIpc) is 3.07. The van der Waals surface area contributed by atoms with Gasteiger partial charge in [-0.2, -0.15) is 4.72 Å². The fourth-order valence-electron chi connectivity index (χ4n) is 3.07. The van der Waals surface area contributed by atoms with Gasteiger partial charge in [0.1, 0.15) is 12.3 Å². The monoisotopic (exact) mass is 492 g/mol. The van der Waals surface area contributed by atoms with E-state index < -0.39 is 35.1 Å². The van der Waals surface area contributed by atoms with Gasteiger partial charge in [-0.05, 0) is 36.8 Å². The third-order valence-corrected chi connectivity index (χ3v) is 6.27. The molecule has 0 radical (unpaired) electrons. The van der Waals surface area contributed by atoms with Crippen molar-refractivity contribution in [2.45, 2.75) is 24.8 Å². The Bertz CT molecular complexity index is 1100. The Kier molecular flexibility index (Phi) is 8.72. The van der Waals surface area contributed by atoms with E-state index in [1.165, 1.54) is 23.1 Å². The number of likely N-dealkylation sites (N-methyl/N-ethyl adjacent to an activating group) is 1. The van der Waals surface area contributed by atoms with Gasteiger partial charge in [-0.1, -0.05) is 12.1 Å². The van der Waals surface area contributed by atoms with Crippen LogP contribution in [0.25, 0.3) is 0 Å². The van der Waals surface area contributed by atoms with E-state index in [1.807, 2.05) is 31.2 Å². The van der Waals surface area contributed by atoms with Gasteiger partial charge in [0.2, 0.25) is 10.0 Å². The predicted molar refractivity (Wildman–Crippen MR) is 122 cm³/mol. The van der Waals surface area contributed by atoms with Crippen LogP contribution < -0.4 is 18.9 Å². The summed E-state index contributed by atoms with van der Waals surface area (Å²) in [6, 6.07) is 11.5. The molecule has 0 atom stereocenters. The van der Waals surface area contributed by atoms with Crippen molar-refractivity contribution >= 4 is 21.9 Å². The Hall–Kier alpha value is -3.31. The van der Waals surface area contributed by atoms with Crippen LogP contribution in [0.3, 0.4) is 0 Å². The van der Waals surface area contributed by atoms with Gasteiger partial charge >= 0.3 is 5.97 Å². The molecule has 1 aliphatic heterocycles. The van der Waals surface area contributed by atoms with Crippen LogP contribution in [-0.4, -0.2) is 65.2 Å². The van der Waals surface area contributed by atoms with Gasteiger partial charge < -0.3 is 23.8 Å². The normalized spacial score (nSPS) is 13.0. The summed E-state index contributed by atoms with van der Waals surface area (Å²) in [5, 5.41) is 0. The number of ether oxygens (including phenoxy) is 4. The van der Waals surface area contributed by atoms with E-state index in [9.17, 15) is 18.0 Å². The quantitative estimate of drug-likeness (QED) is 0.498. The van der Waals surface area contributed by atoms with Crippen molar-refractivity contribution in [3.05, 3.63) is 48.0 Å². The van der Waals surface area contributed by atoms with Crippen molar-refractivity contribution in [2.24, 2.45) is 0 Å². The zero-order valence-corrected chi connectivity index (χ0v) is 19.9. The van der Waals surface area contributed by atoms with Gasteiger partial charge in [-0.3, -0.25) is 9.59 Å². The van der Waals surface area contributed by atoms with E-state index >= 15 is 0 Å². The number of esters is 1. The molecular formula is C23H28N2O8S. The van der Waals surface area contributed by atoms with Gasteiger partial charge in [-0.15, -0.1) is 0 Å². The summed E-state index contributed by atoms with van der Waals surface area (Å²) in [5.74, 6) is 0.227. The summed E-state index contributed by atoms with van der Waals surface area (Å²) >= 11 is 0. The number of sulfonamides is 1. The van der Waals surface area contributed by atoms with E-state index in [-0.39, 0.29) is 4.90 Å². The molecule has 1 aliphatic rings. The number of benzene rings is 2.